The predicted molar refractivity (Wildman–Crippen MR) is 66.7 cm³/mol. The molecule has 0 amide bonds. The van der Waals surface area contributed by atoms with E-state index in [1.54, 1.807) is 11.0 Å². The lowest BCUT2D eigenvalue weighted by Crippen LogP contribution is -2.02. The van der Waals surface area contributed by atoms with E-state index in [9.17, 15) is 0 Å². The molecule has 96 valence electrons. The van der Waals surface area contributed by atoms with Crippen LogP contribution >= 0.6 is 0 Å². The number of anilines is 1. The number of benzene rings is 1. The highest BCUT2D eigenvalue weighted by Crippen LogP contribution is 2.39. The minimum absolute atomic E-state index is 0.375. The Labute approximate surface area is 108 Å². The molecule has 3 heterocycles. The van der Waals surface area contributed by atoms with E-state index >= 15 is 0 Å². The highest BCUT2D eigenvalue weighted by atomic mass is 16.5. The average Bonchev–Trinajstić information content (AvgIpc) is 3.09. The molecule has 19 heavy (non-hydrogen) atoms. The number of nitrogen functional groups attached to an aromatic ring is 1. The molecular formula is C12H11N5O2. The molecule has 7 nitrogen and oxygen atoms in total. The molecule has 4 rings (SSSR count). The van der Waals surface area contributed by atoms with Crippen LogP contribution < -0.4 is 10.5 Å². The van der Waals surface area contributed by atoms with Crippen LogP contribution in [0, 0.1) is 0 Å². The van der Waals surface area contributed by atoms with Gasteiger partial charge in [-0.1, -0.05) is 5.16 Å². The number of fused-ring (bicyclic) bond motifs is 3. The van der Waals surface area contributed by atoms with Crippen molar-refractivity contribution in [3.8, 4) is 5.75 Å². The summed E-state index contributed by atoms with van der Waals surface area (Å²) >= 11 is 0. The van der Waals surface area contributed by atoms with Gasteiger partial charge in [-0.3, -0.25) is 0 Å². The zero-order chi connectivity index (χ0) is 12.8. The van der Waals surface area contributed by atoms with Crippen LogP contribution in [0.25, 0.3) is 11.0 Å². The molecule has 0 bridgehead atoms. The summed E-state index contributed by atoms with van der Waals surface area (Å²) in [5.41, 5.74) is 8.72. The normalized spacial score (nSPS) is 13.7. The van der Waals surface area contributed by atoms with E-state index in [-0.39, 0.29) is 0 Å². The van der Waals surface area contributed by atoms with Crippen LogP contribution in [0.15, 0.2) is 23.2 Å². The Morgan fingerprint density at radius 2 is 2.37 bits per heavy atom. The van der Waals surface area contributed by atoms with Crippen molar-refractivity contribution in [2.45, 2.75) is 13.0 Å². The molecule has 0 atom stereocenters. The minimum Gasteiger partial charge on any atom is -0.492 e. The third-order valence-corrected chi connectivity index (χ3v) is 3.34. The third-order valence-electron chi connectivity index (χ3n) is 3.34. The van der Waals surface area contributed by atoms with E-state index in [2.05, 4.69) is 15.2 Å². The monoisotopic (exact) mass is 257 g/mol. The summed E-state index contributed by atoms with van der Waals surface area (Å²) < 4.78 is 12.7. The van der Waals surface area contributed by atoms with Gasteiger partial charge in [0.05, 0.1) is 13.2 Å². The zero-order valence-corrected chi connectivity index (χ0v) is 10.0. The van der Waals surface area contributed by atoms with Gasteiger partial charge in [-0.05, 0) is 11.6 Å². The summed E-state index contributed by atoms with van der Waals surface area (Å²) in [5.74, 6) is 1.17. The quantitative estimate of drug-likeness (QED) is 0.735. The fourth-order valence-electron chi connectivity index (χ4n) is 2.50. The van der Waals surface area contributed by atoms with E-state index in [4.69, 9.17) is 15.0 Å². The van der Waals surface area contributed by atoms with Gasteiger partial charge in [0, 0.05) is 12.0 Å². The Hall–Kier alpha value is -2.57. The molecule has 2 aromatic heterocycles. The van der Waals surface area contributed by atoms with Gasteiger partial charge in [0.25, 0.3) is 0 Å². The Morgan fingerprint density at radius 3 is 3.21 bits per heavy atom. The number of hydrogen-bond acceptors (Lipinski definition) is 6. The van der Waals surface area contributed by atoms with Gasteiger partial charge in [-0.25, -0.2) is 9.67 Å². The highest BCUT2D eigenvalue weighted by molar-refractivity contribution is 5.95. The maximum Gasteiger partial charge on any atom is 0.178 e. The second kappa shape index (κ2) is 3.71. The second-order valence-electron chi connectivity index (χ2n) is 4.48. The standard InChI is InChI=1S/C12H11N5O2/c13-12-10-9(19-16-12)3-7(4-17-6-14-5-15-17)8-1-2-18-11(8)10/h3,5-6H,1-2,4H2,(H2,13,16). The average molecular weight is 257 g/mol. The Bertz CT molecular complexity index is 747. The van der Waals surface area contributed by atoms with E-state index in [1.807, 2.05) is 6.07 Å². The Kier molecular flexibility index (Phi) is 2.02. The summed E-state index contributed by atoms with van der Waals surface area (Å²) in [6.07, 6.45) is 4.06. The molecular weight excluding hydrogens is 246 g/mol. The van der Waals surface area contributed by atoms with Crippen LogP contribution in [-0.2, 0) is 13.0 Å². The first-order valence-electron chi connectivity index (χ1n) is 5.98. The highest BCUT2D eigenvalue weighted by Gasteiger charge is 2.24. The first-order chi connectivity index (χ1) is 9.33. The smallest absolute Gasteiger partial charge is 0.178 e. The molecule has 0 spiro atoms. The van der Waals surface area contributed by atoms with Crippen molar-refractivity contribution in [2.24, 2.45) is 0 Å². The van der Waals surface area contributed by atoms with Crippen molar-refractivity contribution in [1.82, 2.24) is 19.9 Å². The Morgan fingerprint density at radius 1 is 1.42 bits per heavy atom. The molecule has 0 fully saturated rings. The molecule has 3 aromatic rings. The lowest BCUT2D eigenvalue weighted by atomic mass is 10.0. The van der Waals surface area contributed by atoms with Gasteiger partial charge in [0.1, 0.15) is 23.8 Å². The van der Waals surface area contributed by atoms with Gasteiger partial charge in [-0.15, -0.1) is 0 Å². The van der Waals surface area contributed by atoms with Gasteiger partial charge in [0.15, 0.2) is 11.4 Å². The van der Waals surface area contributed by atoms with Crippen LogP contribution in [0.3, 0.4) is 0 Å². The number of hydrogen-bond donors (Lipinski definition) is 1. The zero-order valence-electron chi connectivity index (χ0n) is 10.0. The minimum atomic E-state index is 0.375. The molecule has 1 aromatic carbocycles. The van der Waals surface area contributed by atoms with Crippen LogP contribution in [0.1, 0.15) is 11.1 Å². The number of aromatic nitrogens is 4. The number of ether oxygens (including phenoxy) is 1. The number of nitrogens with two attached hydrogens (primary N) is 1. The summed E-state index contributed by atoms with van der Waals surface area (Å²) in [4.78, 5) is 3.94. The molecule has 1 aliphatic heterocycles. The number of nitrogens with zero attached hydrogens (tertiary/aromatic N) is 4. The van der Waals surface area contributed by atoms with Crippen LogP contribution in [0.2, 0.25) is 0 Å². The Balaban J connectivity index is 1.92. The van der Waals surface area contributed by atoms with E-state index in [0.717, 1.165) is 28.7 Å². The maximum absolute atomic E-state index is 5.82. The van der Waals surface area contributed by atoms with Crippen molar-refractivity contribution in [3.05, 3.63) is 29.8 Å². The molecule has 1 aliphatic rings. The second-order valence-corrected chi connectivity index (χ2v) is 4.48. The first-order valence-corrected chi connectivity index (χ1v) is 5.98. The van der Waals surface area contributed by atoms with Gasteiger partial charge >= 0.3 is 0 Å². The predicted octanol–water partition coefficient (Wildman–Crippen LogP) is 0.985. The third kappa shape index (κ3) is 1.48. The molecule has 0 aliphatic carbocycles. The molecule has 7 heteroatoms. The number of rotatable bonds is 2. The van der Waals surface area contributed by atoms with Crippen LogP contribution in [0.4, 0.5) is 5.82 Å². The van der Waals surface area contributed by atoms with Crippen LogP contribution in [0.5, 0.6) is 5.75 Å². The fraction of sp³-hybridized carbons (Fsp3) is 0.250. The van der Waals surface area contributed by atoms with Crippen molar-refractivity contribution < 1.29 is 9.26 Å². The summed E-state index contributed by atoms with van der Waals surface area (Å²) in [6, 6.07) is 1.95. The summed E-state index contributed by atoms with van der Waals surface area (Å²) in [6.45, 7) is 1.28. The molecule has 2 N–H and O–H groups in total. The first kappa shape index (κ1) is 10.4. The van der Waals surface area contributed by atoms with Crippen LogP contribution in [-0.4, -0.2) is 26.5 Å². The summed E-state index contributed by atoms with van der Waals surface area (Å²) in [5, 5.41) is 8.69. The van der Waals surface area contributed by atoms with Crippen molar-refractivity contribution in [3.63, 3.8) is 0 Å². The van der Waals surface area contributed by atoms with E-state index in [0.29, 0.717) is 24.6 Å². The lowest BCUT2D eigenvalue weighted by molar-refractivity contribution is 0.360. The van der Waals surface area contributed by atoms with Crippen molar-refractivity contribution >= 4 is 16.8 Å². The molecule has 0 saturated carbocycles. The summed E-state index contributed by atoms with van der Waals surface area (Å²) in [7, 11) is 0. The van der Waals surface area contributed by atoms with Gasteiger partial charge in [0.2, 0.25) is 0 Å². The SMILES string of the molecule is Nc1noc2cc(Cn3cncn3)c3c(c12)OCC3. The lowest BCUT2D eigenvalue weighted by Gasteiger charge is -2.07. The molecule has 0 radical (unpaired) electrons. The van der Waals surface area contributed by atoms with Gasteiger partial charge < -0.3 is 15.0 Å². The van der Waals surface area contributed by atoms with E-state index < -0.39 is 0 Å². The van der Waals surface area contributed by atoms with Crippen molar-refractivity contribution in [2.75, 3.05) is 12.3 Å². The maximum atomic E-state index is 5.82. The molecule has 0 saturated heterocycles. The van der Waals surface area contributed by atoms with Gasteiger partial charge in [-0.2, -0.15) is 5.10 Å². The van der Waals surface area contributed by atoms with Crippen molar-refractivity contribution in [1.29, 1.82) is 0 Å². The largest absolute Gasteiger partial charge is 0.492 e. The van der Waals surface area contributed by atoms with E-state index in [1.165, 1.54) is 6.33 Å². The fourth-order valence-corrected chi connectivity index (χ4v) is 2.50. The molecule has 0 unspecified atom stereocenters. The topological polar surface area (TPSA) is 92.0 Å².